The molecule has 1 aromatic heterocycles. The maximum absolute atomic E-state index is 11.0. The van der Waals surface area contributed by atoms with Crippen LogP contribution in [0, 0.1) is 0 Å². The van der Waals surface area contributed by atoms with Crippen LogP contribution >= 0.6 is 11.6 Å². The Morgan fingerprint density at radius 3 is 2.62 bits per heavy atom. The normalized spacial score (nSPS) is 10.2. The van der Waals surface area contributed by atoms with Crippen LogP contribution in [0.3, 0.4) is 0 Å². The lowest BCUT2D eigenvalue weighted by molar-refractivity contribution is 0.100. The molecule has 3 N–H and O–H groups in total. The summed E-state index contributed by atoms with van der Waals surface area (Å²) in [6.07, 6.45) is 0. The topological polar surface area (TPSA) is 77.2 Å². The van der Waals surface area contributed by atoms with Crippen molar-refractivity contribution >= 4 is 23.3 Å². The fourth-order valence-corrected chi connectivity index (χ4v) is 1.89. The number of nitrogens with zero attached hydrogens (tertiary/aromatic N) is 1. The number of amides is 1. The Labute approximate surface area is 128 Å². The van der Waals surface area contributed by atoms with Gasteiger partial charge in [-0.25, -0.2) is 4.98 Å². The van der Waals surface area contributed by atoms with Crippen molar-refractivity contribution < 1.29 is 9.53 Å². The molecule has 1 amide bonds. The first kappa shape index (κ1) is 15.1. The van der Waals surface area contributed by atoms with Crippen molar-refractivity contribution in [2.24, 2.45) is 5.73 Å². The standard InChI is InChI=1S/C15H16ClN3O2/c1-2-18-14-8-7-12(16)13(19-14)9-21-11-5-3-10(4-6-11)15(17)20/h3-8H,2,9H2,1H3,(H2,17,20)(H,18,19). The van der Waals surface area contributed by atoms with E-state index >= 15 is 0 Å². The molecule has 0 saturated heterocycles. The lowest BCUT2D eigenvalue weighted by Crippen LogP contribution is -2.10. The zero-order valence-corrected chi connectivity index (χ0v) is 12.4. The maximum Gasteiger partial charge on any atom is 0.248 e. The van der Waals surface area contributed by atoms with Crippen molar-refractivity contribution in [3.8, 4) is 5.75 Å². The van der Waals surface area contributed by atoms with Gasteiger partial charge in [-0.15, -0.1) is 0 Å². The zero-order chi connectivity index (χ0) is 15.2. The number of rotatable bonds is 6. The van der Waals surface area contributed by atoms with E-state index in [1.807, 2.05) is 13.0 Å². The third-order valence-corrected chi connectivity index (χ3v) is 3.14. The van der Waals surface area contributed by atoms with Crippen molar-refractivity contribution in [3.05, 3.63) is 52.7 Å². The van der Waals surface area contributed by atoms with Crippen molar-refractivity contribution in [2.75, 3.05) is 11.9 Å². The lowest BCUT2D eigenvalue weighted by atomic mass is 10.2. The number of benzene rings is 1. The number of halogens is 1. The highest BCUT2D eigenvalue weighted by Gasteiger charge is 2.06. The minimum Gasteiger partial charge on any atom is -0.487 e. The molecule has 0 aliphatic rings. The van der Waals surface area contributed by atoms with Gasteiger partial charge in [-0.05, 0) is 43.3 Å². The molecule has 21 heavy (non-hydrogen) atoms. The number of ether oxygens (including phenoxy) is 1. The van der Waals surface area contributed by atoms with Gasteiger partial charge in [-0.2, -0.15) is 0 Å². The predicted octanol–water partition coefficient (Wildman–Crippen LogP) is 2.84. The molecule has 2 rings (SSSR count). The van der Waals surface area contributed by atoms with Crippen molar-refractivity contribution in [3.63, 3.8) is 0 Å². The molecule has 1 aromatic carbocycles. The van der Waals surface area contributed by atoms with Crippen LogP contribution in [-0.2, 0) is 6.61 Å². The molecule has 0 aliphatic carbocycles. The van der Waals surface area contributed by atoms with E-state index in [1.165, 1.54) is 0 Å². The number of nitrogens with two attached hydrogens (primary N) is 1. The molecule has 1 heterocycles. The summed E-state index contributed by atoms with van der Waals surface area (Å²) in [6, 6.07) is 10.2. The van der Waals surface area contributed by atoms with Gasteiger partial charge in [0.25, 0.3) is 0 Å². The van der Waals surface area contributed by atoms with Gasteiger partial charge in [0.1, 0.15) is 18.2 Å². The number of anilines is 1. The molecule has 2 aromatic rings. The quantitative estimate of drug-likeness (QED) is 0.860. The van der Waals surface area contributed by atoms with Gasteiger partial charge >= 0.3 is 0 Å². The second kappa shape index (κ2) is 6.95. The fraction of sp³-hybridized carbons (Fsp3) is 0.200. The summed E-state index contributed by atoms with van der Waals surface area (Å²) in [5.74, 6) is 0.904. The Morgan fingerprint density at radius 1 is 1.29 bits per heavy atom. The summed E-state index contributed by atoms with van der Waals surface area (Å²) < 4.78 is 5.61. The van der Waals surface area contributed by atoms with Gasteiger partial charge in [-0.1, -0.05) is 11.6 Å². The number of carbonyl (C=O) groups is 1. The van der Waals surface area contributed by atoms with Crippen molar-refractivity contribution in [1.82, 2.24) is 4.98 Å². The van der Waals surface area contributed by atoms with E-state index in [4.69, 9.17) is 22.1 Å². The second-order valence-corrected chi connectivity index (χ2v) is 4.74. The monoisotopic (exact) mass is 305 g/mol. The predicted molar refractivity (Wildman–Crippen MR) is 82.7 cm³/mol. The lowest BCUT2D eigenvalue weighted by Gasteiger charge is -2.09. The van der Waals surface area contributed by atoms with Crippen LogP contribution in [0.4, 0.5) is 5.82 Å². The Bertz CT molecular complexity index is 629. The van der Waals surface area contributed by atoms with Gasteiger partial charge in [0.15, 0.2) is 0 Å². The van der Waals surface area contributed by atoms with E-state index in [-0.39, 0.29) is 6.61 Å². The van der Waals surface area contributed by atoms with Crippen LogP contribution in [0.25, 0.3) is 0 Å². The van der Waals surface area contributed by atoms with E-state index < -0.39 is 5.91 Å². The first-order valence-electron chi connectivity index (χ1n) is 6.52. The molecule has 6 heteroatoms. The fourth-order valence-electron chi connectivity index (χ4n) is 1.73. The van der Waals surface area contributed by atoms with Crippen LogP contribution in [0.1, 0.15) is 23.0 Å². The summed E-state index contributed by atoms with van der Waals surface area (Å²) in [5.41, 5.74) is 6.26. The number of aromatic nitrogens is 1. The van der Waals surface area contributed by atoms with Crippen LogP contribution in [0.2, 0.25) is 5.02 Å². The number of primary amides is 1. The largest absolute Gasteiger partial charge is 0.487 e. The summed E-state index contributed by atoms with van der Waals surface area (Å²) in [5, 5.41) is 3.66. The summed E-state index contributed by atoms with van der Waals surface area (Å²) in [4.78, 5) is 15.4. The minimum atomic E-state index is -0.468. The first-order valence-corrected chi connectivity index (χ1v) is 6.90. The van der Waals surface area contributed by atoms with E-state index in [2.05, 4.69) is 10.3 Å². The highest BCUT2D eigenvalue weighted by Crippen LogP contribution is 2.19. The van der Waals surface area contributed by atoms with E-state index in [0.29, 0.717) is 22.0 Å². The molecule has 0 spiro atoms. The molecule has 110 valence electrons. The Balaban J connectivity index is 2.05. The average molecular weight is 306 g/mol. The number of hydrogen-bond donors (Lipinski definition) is 2. The molecule has 0 saturated carbocycles. The summed E-state index contributed by atoms with van der Waals surface area (Å²) in [6.45, 7) is 3.02. The third kappa shape index (κ3) is 4.10. The van der Waals surface area contributed by atoms with Crippen molar-refractivity contribution in [1.29, 1.82) is 0 Å². The first-order chi connectivity index (χ1) is 10.1. The Kier molecular flexibility index (Phi) is 5.00. The van der Waals surface area contributed by atoms with Gasteiger partial charge in [0.05, 0.1) is 10.7 Å². The zero-order valence-electron chi connectivity index (χ0n) is 11.6. The van der Waals surface area contributed by atoms with Crippen LogP contribution < -0.4 is 15.8 Å². The third-order valence-electron chi connectivity index (χ3n) is 2.79. The van der Waals surface area contributed by atoms with Crippen LogP contribution in [0.15, 0.2) is 36.4 Å². The van der Waals surface area contributed by atoms with Gasteiger partial charge < -0.3 is 15.8 Å². The number of pyridine rings is 1. The van der Waals surface area contributed by atoms with Crippen molar-refractivity contribution in [2.45, 2.75) is 13.5 Å². The number of carbonyl (C=O) groups excluding carboxylic acids is 1. The minimum absolute atomic E-state index is 0.244. The second-order valence-electron chi connectivity index (χ2n) is 4.33. The van der Waals surface area contributed by atoms with Crippen LogP contribution in [-0.4, -0.2) is 17.4 Å². The highest BCUT2D eigenvalue weighted by molar-refractivity contribution is 6.31. The molecular formula is C15H16ClN3O2. The molecular weight excluding hydrogens is 290 g/mol. The molecule has 0 aliphatic heterocycles. The van der Waals surface area contributed by atoms with Gasteiger partial charge in [0, 0.05) is 12.1 Å². The summed E-state index contributed by atoms with van der Waals surface area (Å²) >= 11 is 6.10. The SMILES string of the molecule is CCNc1ccc(Cl)c(COc2ccc(C(N)=O)cc2)n1. The van der Waals surface area contributed by atoms with Crippen LogP contribution in [0.5, 0.6) is 5.75 Å². The smallest absolute Gasteiger partial charge is 0.248 e. The number of nitrogens with one attached hydrogen (secondary N) is 1. The van der Waals surface area contributed by atoms with Gasteiger partial charge in [-0.3, -0.25) is 4.79 Å². The molecule has 0 bridgehead atoms. The average Bonchev–Trinajstić information content (AvgIpc) is 2.48. The van der Waals surface area contributed by atoms with E-state index in [1.54, 1.807) is 30.3 Å². The molecule has 0 radical (unpaired) electrons. The van der Waals surface area contributed by atoms with E-state index in [0.717, 1.165) is 12.4 Å². The Hall–Kier alpha value is -2.27. The molecule has 0 unspecified atom stereocenters. The molecule has 0 fully saturated rings. The Morgan fingerprint density at radius 2 is 2.00 bits per heavy atom. The van der Waals surface area contributed by atoms with Gasteiger partial charge in [0.2, 0.25) is 5.91 Å². The number of hydrogen-bond acceptors (Lipinski definition) is 4. The highest BCUT2D eigenvalue weighted by atomic mass is 35.5. The molecule has 5 nitrogen and oxygen atoms in total. The summed E-state index contributed by atoms with van der Waals surface area (Å²) in [7, 11) is 0. The molecule has 0 atom stereocenters. The van der Waals surface area contributed by atoms with E-state index in [9.17, 15) is 4.79 Å². The maximum atomic E-state index is 11.0.